The molecule has 0 bridgehead atoms. The van der Waals surface area contributed by atoms with Crippen LogP contribution in [-0.2, 0) is 0 Å². The van der Waals surface area contributed by atoms with Gasteiger partial charge >= 0.3 is 0 Å². The summed E-state index contributed by atoms with van der Waals surface area (Å²) in [6.07, 6.45) is 4.35. The average Bonchev–Trinajstić information content (AvgIpc) is 2.07. The topological polar surface area (TPSA) is 47.3 Å². The Bertz CT molecular complexity index is 479. The van der Waals surface area contributed by atoms with Crippen LogP contribution in [0.3, 0.4) is 0 Å². The number of rotatable bonds is 0. The summed E-state index contributed by atoms with van der Waals surface area (Å²) in [5, 5.41) is 0.414. The summed E-state index contributed by atoms with van der Waals surface area (Å²) >= 11 is 5.64. The molecule has 0 atom stereocenters. The molecule has 2 rings (SSSR count). The van der Waals surface area contributed by atoms with Crippen LogP contribution in [-0.4, -0.2) is 14.4 Å². The summed E-state index contributed by atoms with van der Waals surface area (Å²) in [4.78, 5) is 18.9. The second-order valence-corrected chi connectivity index (χ2v) is 2.66. The molecule has 0 radical (unpaired) electrons. The minimum Gasteiger partial charge on any atom is -0.269 e. The summed E-state index contributed by atoms with van der Waals surface area (Å²) in [5.74, 6) is 0.354. The van der Waals surface area contributed by atoms with E-state index >= 15 is 0 Å². The third kappa shape index (κ3) is 1.06. The summed E-state index contributed by atoms with van der Waals surface area (Å²) < 4.78 is 1.29. The first-order chi connectivity index (χ1) is 5.77. The monoisotopic (exact) mass is 181 g/mol. The molecule has 0 aliphatic heterocycles. The molecule has 0 spiro atoms. The molecule has 0 N–H and O–H groups in total. The van der Waals surface area contributed by atoms with Crippen molar-refractivity contribution in [3.05, 3.63) is 40.0 Å². The fraction of sp³-hybridized carbons (Fsp3) is 0. The first-order valence-corrected chi connectivity index (χ1v) is 3.64. The van der Waals surface area contributed by atoms with E-state index in [1.54, 1.807) is 0 Å². The number of fused-ring (bicyclic) bond motifs is 1. The lowest BCUT2D eigenvalue weighted by Gasteiger charge is -1.96. The highest BCUT2D eigenvalue weighted by Gasteiger charge is 1.96. The summed E-state index contributed by atoms with van der Waals surface area (Å²) in [6, 6.07) is 1.35. The third-order valence-corrected chi connectivity index (χ3v) is 1.61. The van der Waals surface area contributed by atoms with Crippen molar-refractivity contribution in [2.75, 3.05) is 0 Å². The highest BCUT2D eigenvalue weighted by molar-refractivity contribution is 6.30. The number of aromatic nitrogens is 3. The molecule has 0 unspecified atom stereocenters. The maximum absolute atomic E-state index is 11.2. The Morgan fingerprint density at radius 2 is 2.25 bits per heavy atom. The minimum absolute atomic E-state index is 0.185. The second-order valence-electron chi connectivity index (χ2n) is 2.23. The Morgan fingerprint density at radius 3 is 3.08 bits per heavy atom. The van der Waals surface area contributed by atoms with Crippen LogP contribution in [0.2, 0.25) is 5.02 Å². The molecular formula is C7H4ClN3O. The molecule has 0 fully saturated rings. The van der Waals surface area contributed by atoms with Crippen LogP contribution >= 0.6 is 11.6 Å². The van der Waals surface area contributed by atoms with Gasteiger partial charge in [-0.05, 0) is 0 Å². The van der Waals surface area contributed by atoms with Crippen molar-refractivity contribution in [3.63, 3.8) is 0 Å². The summed E-state index contributed by atoms with van der Waals surface area (Å²) in [5.41, 5.74) is -0.185. The predicted octanol–water partition coefficient (Wildman–Crippen LogP) is 0.743. The van der Waals surface area contributed by atoms with Gasteiger partial charge in [-0.25, -0.2) is 9.97 Å². The molecule has 2 heterocycles. The quantitative estimate of drug-likeness (QED) is 0.603. The van der Waals surface area contributed by atoms with Gasteiger partial charge in [0.15, 0.2) is 0 Å². The molecule has 5 heteroatoms. The van der Waals surface area contributed by atoms with Gasteiger partial charge < -0.3 is 0 Å². The number of nitrogens with zero attached hydrogens (tertiary/aromatic N) is 3. The molecule has 0 aliphatic rings. The normalized spacial score (nSPS) is 10.4. The number of hydrogen-bond donors (Lipinski definition) is 0. The van der Waals surface area contributed by atoms with Gasteiger partial charge in [0.1, 0.15) is 0 Å². The zero-order valence-corrected chi connectivity index (χ0v) is 6.69. The van der Waals surface area contributed by atoms with E-state index in [2.05, 4.69) is 9.97 Å². The number of halogens is 1. The van der Waals surface area contributed by atoms with Crippen LogP contribution < -0.4 is 5.56 Å². The van der Waals surface area contributed by atoms with Crippen LogP contribution in [0.5, 0.6) is 0 Å². The van der Waals surface area contributed by atoms with Crippen molar-refractivity contribution >= 4 is 17.4 Å². The molecule has 0 aliphatic carbocycles. The van der Waals surface area contributed by atoms with Gasteiger partial charge in [-0.3, -0.25) is 9.20 Å². The smallest absolute Gasteiger partial charge is 0.259 e. The Kier molecular flexibility index (Phi) is 1.55. The van der Waals surface area contributed by atoms with Crippen LogP contribution in [0.25, 0.3) is 5.78 Å². The van der Waals surface area contributed by atoms with Gasteiger partial charge in [-0.1, -0.05) is 11.6 Å². The molecule has 60 valence electrons. The van der Waals surface area contributed by atoms with Crippen molar-refractivity contribution in [1.29, 1.82) is 0 Å². The van der Waals surface area contributed by atoms with E-state index in [1.807, 2.05) is 0 Å². The Labute approximate surface area is 72.5 Å². The van der Waals surface area contributed by atoms with Gasteiger partial charge in [0.2, 0.25) is 5.78 Å². The molecular weight excluding hydrogens is 178 g/mol. The van der Waals surface area contributed by atoms with E-state index in [1.165, 1.54) is 29.1 Å². The lowest BCUT2D eigenvalue weighted by Crippen LogP contribution is -2.13. The van der Waals surface area contributed by atoms with E-state index < -0.39 is 0 Å². The Hall–Kier alpha value is -1.42. The molecule has 0 aromatic carbocycles. The highest BCUT2D eigenvalue weighted by Crippen LogP contribution is 2.03. The molecule has 0 amide bonds. The van der Waals surface area contributed by atoms with E-state index in [0.717, 1.165) is 0 Å². The molecule has 0 saturated carbocycles. The average molecular weight is 182 g/mol. The number of hydrogen-bond acceptors (Lipinski definition) is 3. The largest absolute Gasteiger partial charge is 0.269 e. The summed E-state index contributed by atoms with van der Waals surface area (Å²) in [6.45, 7) is 0. The molecule has 4 nitrogen and oxygen atoms in total. The summed E-state index contributed by atoms with van der Waals surface area (Å²) in [7, 11) is 0. The third-order valence-electron chi connectivity index (χ3n) is 1.42. The van der Waals surface area contributed by atoms with E-state index in [0.29, 0.717) is 10.8 Å². The van der Waals surface area contributed by atoms with Gasteiger partial charge in [-0.15, -0.1) is 0 Å². The first kappa shape index (κ1) is 7.24. The minimum atomic E-state index is -0.185. The molecule has 2 aromatic rings. The van der Waals surface area contributed by atoms with Crippen molar-refractivity contribution in [3.8, 4) is 0 Å². The Balaban J connectivity index is 2.98. The Morgan fingerprint density at radius 1 is 1.42 bits per heavy atom. The lowest BCUT2D eigenvalue weighted by atomic mass is 10.6. The van der Waals surface area contributed by atoms with E-state index in [9.17, 15) is 4.79 Å². The van der Waals surface area contributed by atoms with Crippen molar-refractivity contribution < 1.29 is 0 Å². The van der Waals surface area contributed by atoms with Gasteiger partial charge in [0.25, 0.3) is 5.56 Å². The van der Waals surface area contributed by atoms with Crippen LogP contribution in [0.4, 0.5) is 0 Å². The van der Waals surface area contributed by atoms with Gasteiger partial charge in [-0.2, -0.15) is 0 Å². The van der Waals surface area contributed by atoms with E-state index in [-0.39, 0.29) is 5.56 Å². The maximum Gasteiger partial charge on any atom is 0.259 e. The predicted molar refractivity (Wildman–Crippen MR) is 44.3 cm³/mol. The maximum atomic E-state index is 11.2. The van der Waals surface area contributed by atoms with Crippen LogP contribution in [0, 0.1) is 0 Å². The highest BCUT2D eigenvalue weighted by atomic mass is 35.5. The van der Waals surface area contributed by atoms with Crippen LogP contribution in [0.1, 0.15) is 0 Å². The molecule has 0 saturated heterocycles. The zero-order valence-electron chi connectivity index (χ0n) is 5.94. The lowest BCUT2D eigenvalue weighted by molar-refractivity contribution is 0.996. The SMILES string of the molecule is O=c1ccnc2ncc(Cl)cn12. The van der Waals surface area contributed by atoms with Gasteiger partial charge in [0.05, 0.1) is 11.2 Å². The fourth-order valence-electron chi connectivity index (χ4n) is 0.902. The first-order valence-electron chi connectivity index (χ1n) is 3.26. The van der Waals surface area contributed by atoms with E-state index in [4.69, 9.17) is 11.6 Å². The van der Waals surface area contributed by atoms with Crippen molar-refractivity contribution in [1.82, 2.24) is 14.4 Å². The standard InChI is InChI=1S/C7H4ClN3O/c8-5-3-10-7-9-2-1-6(12)11(7)4-5/h1-4H. The molecule has 2 aromatic heterocycles. The van der Waals surface area contributed by atoms with Crippen molar-refractivity contribution in [2.45, 2.75) is 0 Å². The zero-order chi connectivity index (χ0) is 8.55. The van der Waals surface area contributed by atoms with Crippen molar-refractivity contribution in [2.24, 2.45) is 0 Å². The van der Waals surface area contributed by atoms with Crippen LogP contribution in [0.15, 0.2) is 29.5 Å². The fourth-order valence-corrected chi connectivity index (χ4v) is 1.05. The van der Waals surface area contributed by atoms with Gasteiger partial charge in [0, 0.05) is 18.5 Å². The second kappa shape index (κ2) is 2.57. The molecule has 12 heavy (non-hydrogen) atoms.